The molecule has 5 rings (SSSR count). The molecule has 0 aromatic heterocycles. The van der Waals surface area contributed by atoms with Crippen LogP contribution in [-0.2, 0) is 0 Å². The normalized spacial score (nSPS) is 19.6. The summed E-state index contributed by atoms with van der Waals surface area (Å²) >= 11 is 0. The highest BCUT2D eigenvalue weighted by atomic mass is 16.1. The molecule has 0 saturated carbocycles. The maximum Gasteiger partial charge on any atom is 0.255 e. The van der Waals surface area contributed by atoms with Gasteiger partial charge < -0.3 is 15.1 Å². The van der Waals surface area contributed by atoms with Crippen molar-refractivity contribution >= 4 is 5.91 Å². The van der Waals surface area contributed by atoms with Crippen LogP contribution in [0.5, 0.6) is 0 Å². The van der Waals surface area contributed by atoms with E-state index in [9.17, 15) is 4.79 Å². The first-order chi connectivity index (χ1) is 18.7. The van der Waals surface area contributed by atoms with Crippen molar-refractivity contribution in [2.75, 3.05) is 32.7 Å². The van der Waals surface area contributed by atoms with Gasteiger partial charge in [-0.1, -0.05) is 61.0 Å². The molecular formula is C34H43N3O. The van der Waals surface area contributed by atoms with Crippen LogP contribution >= 0.6 is 0 Å². The molecule has 1 aliphatic carbocycles. The predicted octanol–water partition coefficient (Wildman–Crippen LogP) is 7.18. The summed E-state index contributed by atoms with van der Waals surface area (Å²) in [6.07, 6.45) is 16.4. The van der Waals surface area contributed by atoms with Gasteiger partial charge in [0.05, 0.1) is 11.4 Å². The number of hydrogen-bond donors (Lipinski definition) is 1. The van der Waals surface area contributed by atoms with Gasteiger partial charge in [0.1, 0.15) is 0 Å². The molecule has 2 saturated heterocycles. The van der Waals surface area contributed by atoms with Gasteiger partial charge in [-0.2, -0.15) is 0 Å². The van der Waals surface area contributed by atoms with Gasteiger partial charge in [0.25, 0.3) is 5.91 Å². The van der Waals surface area contributed by atoms with Gasteiger partial charge in [0.2, 0.25) is 0 Å². The number of likely N-dealkylation sites (tertiary alicyclic amines) is 2. The molecule has 0 bridgehead atoms. The molecule has 0 atom stereocenters. The number of carbonyl (C=O) groups excluding carboxylic acids is 1. The zero-order chi connectivity index (χ0) is 26.2. The van der Waals surface area contributed by atoms with Crippen LogP contribution in [0.3, 0.4) is 0 Å². The maximum atomic E-state index is 13.5. The van der Waals surface area contributed by atoms with E-state index in [1.165, 1.54) is 69.4 Å². The summed E-state index contributed by atoms with van der Waals surface area (Å²) in [6, 6.07) is 18.2. The van der Waals surface area contributed by atoms with Crippen molar-refractivity contribution in [2.24, 2.45) is 5.92 Å². The van der Waals surface area contributed by atoms with Crippen LogP contribution in [0.15, 0.2) is 89.8 Å². The summed E-state index contributed by atoms with van der Waals surface area (Å²) in [4.78, 5) is 18.7. The van der Waals surface area contributed by atoms with E-state index in [0.717, 1.165) is 48.7 Å². The molecule has 0 unspecified atom stereocenters. The zero-order valence-electron chi connectivity index (χ0n) is 23.0. The minimum Gasteiger partial charge on any atom is -0.370 e. The topological polar surface area (TPSA) is 35.6 Å². The first-order valence-electron chi connectivity index (χ1n) is 14.7. The summed E-state index contributed by atoms with van der Waals surface area (Å²) in [6.45, 7) is 8.23. The third-order valence-corrected chi connectivity index (χ3v) is 8.46. The Morgan fingerprint density at radius 2 is 1.68 bits per heavy atom. The van der Waals surface area contributed by atoms with Crippen molar-refractivity contribution in [1.82, 2.24) is 15.1 Å². The highest BCUT2D eigenvalue weighted by Gasteiger charge is 2.26. The first kappa shape index (κ1) is 26.5. The minimum atomic E-state index is -0.0512. The van der Waals surface area contributed by atoms with Crippen molar-refractivity contribution in [3.8, 4) is 11.1 Å². The van der Waals surface area contributed by atoms with Crippen LogP contribution in [0.4, 0.5) is 0 Å². The van der Waals surface area contributed by atoms with Gasteiger partial charge in [0, 0.05) is 18.7 Å². The van der Waals surface area contributed by atoms with E-state index in [4.69, 9.17) is 0 Å². The fourth-order valence-corrected chi connectivity index (χ4v) is 6.19. The number of allylic oxidation sites excluding steroid dienone is 4. The molecule has 2 aromatic rings. The van der Waals surface area contributed by atoms with Crippen molar-refractivity contribution in [3.05, 3.63) is 95.4 Å². The SMILES string of the molecule is CC1=C(N2CCC(CCN3CCCCC3)CC2)C(NC(=O)c2cccc(-c3ccccc3)c2)=CC=CCC1. The maximum absolute atomic E-state index is 13.5. The molecule has 200 valence electrons. The Labute approximate surface area is 229 Å². The summed E-state index contributed by atoms with van der Waals surface area (Å²) in [5.41, 5.74) is 6.40. The van der Waals surface area contributed by atoms with Crippen molar-refractivity contribution in [2.45, 2.75) is 58.3 Å². The lowest BCUT2D eigenvalue weighted by molar-refractivity contribution is 0.0963. The Balaban J connectivity index is 1.26. The molecule has 4 nitrogen and oxygen atoms in total. The first-order valence-corrected chi connectivity index (χ1v) is 14.7. The highest BCUT2D eigenvalue weighted by molar-refractivity contribution is 5.97. The average molecular weight is 510 g/mol. The van der Waals surface area contributed by atoms with Gasteiger partial charge in [-0.3, -0.25) is 4.79 Å². The van der Waals surface area contributed by atoms with Crippen molar-refractivity contribution in [1.29, 1.82) is 0 Å². The van der Waals surface area contributed by atoms with E-state index >= 15 is 0 Å². The fourth-order valence-electron chi connectivity index (χ4n) is 6.19. The van der Waals surface area contributed by atoms with E-state index in [1.807, 2.05) is 36.4 Å². The van der Waals surface area contributed by atoms with Crippen molar-refractivity contribution in [3.63, 3.8) is 0 Å². The highest BCUT2D eigenvalue weighted by Crippen LogP contribution is 2.30. The monoisotopic (exact) mass is 509 g/mol. The number of nitrogens with one attached hydrogen (secondary N) is 1. The Kier molecular flexibility index (Phi) is 9.14. The lowest BCUT2D eigenvalue weighted by Crippen LogP contribution is -2.39. The van der Waals surface area contributed by atoms with Crippen LogP contribution in [0.25, 0.3) is 11.1 Å². The molecule has 0 spiro atoms. The van der Waals surface area contributed by atoms with E-state index in [-0.39, 0.29) is 5.91 Å². The molecule has 3 aliphatic rings. The van der Waals surface area contributed by atoms with Crippen LogP contribution in [0, 0.1) is 5.92 Å². The summed E-state index contributed by atoms with van der Waals surface area (Å²) < 4.78 is 0. The third kappa shape index (κ3) is 6.85. The van der Waals surface area contributed by atoms with Crippen LogP contribution in [0.2, 0.25) is 0 Å². The largest absolute Gasteiger partial charge is 0.370 e. The Morgan fingerprint density at radius 1 is 0.921 bits per heavy atom. The summed E-state index contributed by atoms with van der Waals surface area (Å²) in [7, 11) is 0. The predicted molar refractivity (Wildman–Crippen MR) is 158 cm³/mol. The average Bonchev–Trinajstić information content (AvgIpc) is 2.96. The molecule has 1 N–H and O–H groups in total. The smallest absolute Gasteiger partial charge is 0.255 e. The molecule has 0 radical (unpaired) electrons. The second kappa shape index (κ2) is 13.1. The Morgan fingerprint density at radius 3 is 2.47 bits per heavy atom. The fraction of sp³-hybridized carbons (Fsp3) is 0.441. The number of carbonyl (C=O) groups is 1. The molecule has 1 amide bonds. The molecule has 2 fully saturated rings. The molecular weight excluding hydrogens is 466 g/mol. The number of amides is 1. The Bertz CT molecular complexity index is 1170. The number of nitrogens with zero attached hydrogens (tertiary/aromatic N) is 2. The van der Waals surface area contributed by atoms with E-state index in [2.05, 4.69) is 58.5 Å². The van der Waals surface area contributed by atoms with E-state index < -0.39 is 0 Å². The lowest BCUT2D eigenvalue weighted by atomic mass is 9.91. The van der Waals surface area contributed by atoms with Crippen molar-refractivity contribution < 1.29 is 4.79 Å². The van der Waals surface area contributed by atoms with Crippen LogP contribution in [-0.4, -0.2) is 48.4 Å². The summed E-state index contributed by atoms with van der Waals surface area (Å²) in [5, 5.41) is 3.30. The minimum absolute atomic E-state index is 0.0512. The summed E-state index contributed by atoms with van der Waals surface area (Å²) in [5.74, 6) is 0.759. The van der Waals surface area contributed by atoms with Crippen LogP contribution < -0.4 is 5.32 Å². The quantitative estimate of drug-likeness (QED) is 0.429. The second-order valence-corrected chi connectivity index (χ2v) is 11.2. The molecule has 2 aliphatic heterocycles. The van der Waals surface area contributed by atoms with E-state index in [1.54, 1.807) is 0 Å². The molecule has 4 heteroatoms. The number of benzene rings is 2. The van der Waals surface area contributed by atoms with Gasteiger partial charge in [-0.05, 0) is 112 Å². The number of piperidine rings is 2. The second-order valence-electron chi connectivity index (χ2n) is 11.2. The van der Waals surface area contributed by atoms with Crippen LogP contribution in [0.1, 0.15) is 68.6 Å². The Hall–Kier alpha value is -3.11. The number of rotatable bonds is 7. The molecule has 38 heavy (non-hydrogen) atoms. The zero-order valence-corrected chi connectivity index (χ0v) is 23.0. The molecule has 2 aromatic carbocycles. The number of hydrogen-bond acceptors (Lipinski definition) is 3. The van der Waals surface area contributed by atoms with Gasteiger partial charge in [-0.15, -0.1) is 0 Å². The standard InChI is InChI=1S/C34H43N3O/c1-27-12-5-2-8-17-32(35-34(38)31-16-11-15-30(26-31)29-13-6-3-7-14-29)33(27)37-24-19-28(20-25-37)18-23-36-21-9-4-10-22-36/h2-3,6-8,11,13-17,26,28H,4-5,9-10,12,18-25H2,1H3,(H,35,38). The van der Waals surface area contributed by atoms with E-state index in [0.29, 0.717) is 5.56 Å². The third-order valence-electron chi connectivity index (χ3n) is 8.46. The molecule has 2 heterocycles. The lowest BCUT2D eigenvalue weighted by Gasteiger charge is -2.38. The van der Waals surface area contributed by atoms with Gasteiger partial charge in [0.15, 0.2) is 0 Å². The van der Waals surface area contributed by atoms with Gasteiger partial charge >= 0.3 is 0 Å². The van der Waals surface area contributed by atoms with Gasteiger partial charge in [-0.25, -0.2) is 0 Å².